The van der Waals surface area contributed by atoms with Crippen molar-refractivity contribution in [2.75, 3.05) is 17.2 Å². The molecule has 0 bridgehead atoms. The molecule has 0 saturated heterocycles. The number of hydrogen-bond acceptors (Lipinski definition) is 3. The van der Waals surface area contributed by atoms with Gasteiger partial charge in [0.2, 0.25) is 0 Å². The average Bonchev–Trinajstić information content (AvgIpc) is 2.51. The topological polar surface area (TPSA) is 67.4 Å². The maximum atomic E-state index is 13.7. The molecule has 2 N–H and O–H groups in total. The Morgan fingerprint density at radius 1 is 1.13 bits per heavy atom. The van der Waals surface area contributed by atoms with Gasteiger partial charge in [-0.15, -0.1) is 0 Å². The molecule has 5 nitrogen and oxygen atoms in total. The Balaban J connectivity index is 2.13. The maximum absolute atomic E-state index is 13.7. The SMILES string of the molecule is CCOC(=O)Nc1cccc(C(=O)Nc2cc(C)ccc2F)c1. The fourth-order valence-corrected chi connectivity index (χ4v) is 1.95. The molecule has 2 rings (SSSR count). The molecule has 0 spiro atoms. The molecular weight excluding hydrogens is 299 g/mol. The third-order valence-electron chi connectivity index (χ3n) is 3.02. The summed E-state index contributed by atoms with van der Waals surface area (Å²) >= 11 is 0. The van der Waals surface area contributed by atoms with Crippen LogP contribution in [0.2, 0.25) is 0 Å². The van der Waals surface area contributed by atoms with Crippen LogP contribution in [0.4, 0.5) is 20.6 Å². The summed E-state index contributed by atoms with van der Waals surface area (Å²) in [6, 6.07) is 10.8. The van der Waals surface area contributed by atoms with Crippen LogP contribution in [0.25, 0.3) is 0 Å². The van der Waals surface area contributed by atoms with Gasteiger partial charge in [0, 0.05) is 11.3 Å². The van der Waals surface area contributed by atoms with Gasteiger partial charge < -0.3 is 10.1 Å². The van der Waals surface area contributed by atoms with Gasteiger partial charge in [-0.05, 0) is 49.7 Å². The monoisotopic (exact) mass is 316 g/mol. The summed E-state index contributed by atoms with van der Waals surface area (Å²) in [6.45, 7) is 3.75. The van der Waals surface area contributed by atoms with Gasteiger partial charge in [-0.3, -0.25) is 10.1 Å². The van der Waals surface area contributed by atoms with Gasteiger partial charge in [0.15, 0.2) is 0 Å². The van der Waals surface area contributed by atoms with Crippen LogP contribution in [0.15, 0.2) is 42.5 Å². The first-order valence-corrected chi connectivity index (χ1v) is 7.11. The van der Waals surface area contributed by atoms with Crippen molar-refractivity contribution in [3.05, 3.63) is 59.4 Å². The van der Waals surface area contributed by atoms with E-state index in [1.54, 1.807) is 44.2 Å². The fraction of sp³-hybridized carbons (Fsp3) is 0.176. The number of carbonyl (C=O) groups is 2. The molecule has 0 aliphatic carbocycles. The molecule has 120 valence electrons. The van der Waals surface area contributed by atoms with E-state index in [9.17, 15) is 14.0 Å². The van der Waals surface area contributed by atoms with Crippen molar-refractivity contribution in [3.8, 4) is 0 Å². The van der Waals surface area contributed by atoms with E-state index in [-0.39, 0.29) is 12.3 Å². The fourth-order valence-electron chi connectivity index (χ4n) is 1.95. The second-order valence-electron chi connectivity index (χ2n) is 4.86. The summed E-state index contributed by atoms with van der Waals surface area (Å²) in [6.07, 6.45) is -0.602. The molecule has 0 radical (unpaired) electrons. The van der Waals surface area contributed by atoms with E-state index in [0.29, 0.717) is 11.3 Å². The Hall–Kier alpha value is -2.89. The third kappa shape index (κ3) is 4.54. The Kier molecular flexibility index (Phi) is 5.30. The van der Waals surface area contributed by atoms with E-state index in [0.717, 1.165) is 5.56 Å². The highest BCUT2D eigenvalue weighted by molar-refractivity contribution is 6.05. The molecular formula is C17H17FN2O3. The molecule has 2 aromatic carbocycles. The highest BCUT2D eigenvalue weighted by Crippen LogP contribution is 2.18. The summed E-state index contributed by atoms with van der Waals surface area (Å²) in [5, 5.41) is 5.02. The summed E-state index contributed by atoms with van der Waals surface area (Å²) in [7, 11) is 0. The zero-order chi connectivity index (χ0) is 16.8. The van der Waals surface area contributed by atoms with Crippen LogP contribution in [-0.4, -0.2) is 18.6 Å². The second-order valence-corrected chi connectivity index (χ2v) is 4.86. The van der Waals surface area contributed by atoms with Crippen molar-refractivity contribution in [2.24, 2.45) is 0 Å². The predicted molar refractivity (Wildman–Crippen MR) is 86.2 cm³/mol. The minimum Gasteiger partial charge on any atom is -0.450 e. The van der Waals surface area contributed by atoms with Gasteiger partial charge in [0.05, 0.1) is 12.3 Å². The molecule has 23 heavy (non-hydrogen) atoms. The van der Waals surface area contributed by atoms with Gasteiger partial charge in [0.25, 0.3) is 5.91 Å². The maximum Gasteiger partial charge on any atom is 0.411 e. The zero-order valence-electron chi connectivity index (χ0n) is 12.9. The lowest BCUT2D eigenvalue weighted by atomic mass is 10.1. The van der Waals surface area contributed by atoms with Crippen LogP contribution in [0, 0.1) is 12.7 Å². The first-order chi connectivity index (χ1) is 11.0. The number of anilines is 2. The highest BCUT2D eigenvalue weighted by Gasteiger charge is 2.11. The number of hydrogen-bond donors (Lipinski definition) is 2. The number of aryl methyl sites for hydroxylation is 1. The van der Waals surface area contributed by atoms with Crippen LogP contribution >= 0.6 is 0 Å². The Morgan fingerprint density at radius 3 is 2.65 bits per heavy atom. The number of ether oxygens (including phenoxy) is 1. The molecule has 0 aromatic heterocycles. The van der Waals surface area contributed by atoms with Crippen LogP contribution in [0.3, 0.4) is 0 Å². The van der Waals surface area contributed by atoms with E-state index >= 15 is 0 Å². The summed E-state index contributed by atoms with van der Waals surface area (Å²) < 4.78 is 18.5. The highest BCUT2D eigenvalue weighted by atomic mass is 19.1. The minimum absolute atomic E-state index is 0.110. The number of amides is 2. The average molecular weight is 316 g/mol. The van der Waals surface area contributed by atoms with Crippen LogP contribution in [-0.2, 0) is 4.74 Å². The minimum atomic E-state index is -0.602. The quantitative estimate of drug-likeness (QED) is 0.897. The summed E-state index contributed by atoms with van der Waals surface area (Å²) in [5.41, 5.74) is 1.65. The lowest BCUT2D eigenvalue weighted by molar-refractivity contribution is 0.102. The lowest BCUT2D eigenvalue weighted by Crippen LogP contribution is -2.15. The van der Waals surface area contributed by atoms with Crippen molar-refractivity contribution in [2.45, 2.75) is 13.8 Å². The van der Waals surface area contributed by atoms with E-state index in [1.807, 2.05) is 0 Å². The molecule has 0 unspecified atom stereocenters. The second kappa shape index (κ2) is 7.40. The summed E-state index contributed by atoms with van der Waals surface area (Å²) in [4.78, 5) is 23.6. The van der Waals surface area contributed by atoms with Crippen LogP contribution in [0.1, 0.15) is 22.8 Å². The van der Waals surface area contributed by atoms with Crippen molar-refractivity contribution in [1.82, 2.24) is 0 Å². The largest absolute Gasteiger partial charge is 0.450 e. The van der Waals surface area contributed by atoms with E-state index in [2.05, 4.69) is 10.6 Å². The van der Waals surface area contributed by atoms with Crippen molar-refractivity contribution in [1.29, 1.82) is 0 Å². The predicted octanol–water partition coefficient (Wildman–Crippen LogP) is 3.95. The van der Waals surface area contributed by atoms with Gasteiger partial charge in [-0.25, -0.2) is 9.18 Å². The first kappa shape index (κ1) is 16.5. The van der Waals surface area contributed by atoms with Crippen LogP contribution in [0.5, 0.6) is 0 Å². The smallest absolute Gasteiger partial charge is 0.411 e. The van der Waals surface area contributed by atoms with Crippen molar-refractivity contribution < 1.29 is 18.7 Å². The van der Waals surface area contributed by atoms with Crippen molar-refractivity contribution >= 4 is 23.4 Å². The van der Waals surface area contributed by atoms with Gasteiger partial charge in [0.1, 0.15) is 5.82 Å². The van der Waals surface area contributed by atoms with Gasteiger partial charge in [-0.1, -0.05) is 12.1 Å². The van der Waals surface area contributed by atoms with E-state index in [1.165, 1.54) is 12.1 Å². The standard InChI is InChI=1S/C17H17FN2O3/c1-3-23-17(22)19-13-6-4-5-12(10-13)16(21)20-15-9-11(2)7-8-14(15)18/h4-10H,3H2,1-2H3,(H,19,22)(H,20,21). The molecule has 2 amide bonds. The lowest BCUT2D eigenvalue weighted by Gasteiger charge is -2.09. The number of nitrogens with one attached hydrogen (secondary N) is 2. The Morgan fingerprint density at radius 2 is 1.91 bits per heavy atom. The molecule has 0 atom stereocenters. The number of rotatable bonds is 4. The molecule has 0 saturated carbocycles. The Labute approximate surface area is 133 Å². The number of halogens is 1. The summed E-state index contributed by atoms with van der Waals surface area (Å²) in [5.74, 6) is -0.980. The van der Waals surface area contributed by atoms with E-state index < -0.39 is 17.8 Å². The van der Waals surface area contributed by atoms with Gasteiger partial charge >= 0.3 is 6.09 Å². The number of benzene rings is 2. The first-order valence-electron chi connectivity index (χ1n) is 7.11. The molecule has 0 fully saturated rings. The van der Waals surface area contributed by atoms with E-state index in [4.69, 9.17) is 4.74 Å². The molecule has 6 heteroatoms. The number of carbonyl (C=O) groups excluding carboxylic acids is 2. The normalized spacial score (nSPS) is 10.0. The molecule has 0 aliphatic heterocycles. The zero-order valence-corrected chi connectivity index (χ0v) is 12.9. The van der Waals surface area contributed by atoms with Gasteiger partial charge in [-0.2, -0.15) is 0 Å². The molecule has 2 aromatic rings. The van der Waals surface area contributed by atoms with Crippen LogP contribution < -0.4 is 10.6 Å². The third-order valence-corrected chi connectivity index (χ3v) is 3.02. The molecule has 0 aliphatic rings. The van der Waals surface area contributed by atoms with Crippen molar-refractivity contribution in [3.63, 3.8) is 0 Å². The molecule has 0 heterocycles. The Bertz CT molecular complexity index is 732.